The van der Waals surface area contributed by atoms with Gasteiger partial charge in [0.15, 0.2) is 0 Å². The number of hydrogen-bond donors (Lipinski definition) is 0. The molecule has 0 unspecified atom stereocenters. The van der Waals surface area contributed by atoms with Crippen LogP contribution in [0, 0.1) is 37.5 Å². The molecule has 438 valence electrons. The van der Waals surface area contributed by atoms with Crippen LogP contribution >= 0.6 is 0 Å². The SMILES string of the molecule is CC#CC#Cc1ccc(N(c2cccc(-c3cccc(-c4cccc(N(c5ccccc5)c5ccccc5)c4)c3)c2)c2ccc(-c3ccc(N(c4ccccc4)c4ccc5c(c4)C(CCCCCC)(CCCCCC)c4ccccc4-5)cc3C)c(C)c2)cc1. The summed E-state index contributed by atoms with van der Waals surface area (Å²) in [5.41, 5.74) is 26.2. The lowest BCUT2D eigenvalue weighted by Gasteiger charge is -2.34. The first-order valence-electron chi connectivity index (χ1n) is 32.2. The number of anilines is 9. The van der Waals surface area contributed by atoms with Gasteiger partial charge in [-0.05, 0) is 240 Å². The molecule has 0 amide bonds. The fraction of sp³-hybridized carbons (Fsp3) is 0.186. The molecule has 0 radical (unpaired) electrons. The van der Waals surface area contributed by atoms with Crippen molar-refractivity contribution in [3.8, 4) is 68.2 Å². The zero-order chi connectivity index (χ0) is 60.9. The predicted octanol–water partition coefficient (Wildman–Crippen LogP) is 24.3. The molecule has 0 aromatic heterocycles. The van der Waals surface area contributed by atoms with Gasteiger partial charge in [-0.2, -0.15) is 0 Å². The third kappa shape index (κ3) is 12.9. The highest BCUT2D eigenvalue weighted by molar-refractivity contribution is 5.89. The number of rotatable bonds is 22. The highest BCUT2D eigenvalue weighted by atomic mass is 15.2. The first kappa shape index (κ1) is 59.3. The highest BCUT2D eigenvalue weighted by Crippen LogP contribution is 2.56. The van der Waals surface area contributed by atoms with E-state index in [1.54, 1.807) is 0 Å². The molecule has 0 N–H and O–H groups in total. The molecule has 0 saturated carbocycles. The fourth-order valence-corrected chi connectivity index (χ4v) is 13.6. The van der Waals surface area contributed by atoms with Gasteiger partial charge in [0.05, 0.1) is 0 Å². The first-order chi connectivity index (χ1) is 43.8. The van der Waals surface area contributed by atoms with Crippen LogP contribution in [0.2, 0.25) is 0 Å². The molecule has 0 fully saturated rings. The van der Waals surface area contributed by atoms with Gasteiger partial charge >= 0.3 is 0 Å². The lowest BCUT2D eigenvalue weighted by Crippen LogP contribution is -2.26. The second kappa shape index (κ2) is 27.8. The van der Waals surface area contributed by atoms with Crippen LogP contribution in [0.3, 0.4) is 0 Å². The van der Waals surface area contributed by atoms with E-state index in [1.807, 2.05) is 6.92 Å². The Balaban J connectivity index is 0.882. The lowest BCUT2D eigenvalue weighted by molar-refractivity contribution is 0.401. The zero-order valence-electron chi connectivity index (χ0n) is 52.3. The van der Waals surface area contributed by atoms with Crippen molar-refractivity contribution in [1.82, 2.24) is 0 Å². The number of nitrogens with zero attached hydrogens (tertiary/aromatic N) is 3. The second-order valence-electron chi connectivity index (χ2n) is 23.8. The Bertz CT molecular complexity index is 4300. The minimum atomic E-state index is -0.00838. The Morgan fingerprint density at radius 1 is 0.303 bits per heavy atom. The van der Waals surface area contributed by atoms with E-state index in [9.17, 15) is 0 Å². The molecular formula is C86H79N3. The van der Waals surface area contributed by atoms with Gasteiger partial charge in [0, 0.05) is 62.2 Å². The van der Waals surface area contributed by atoms with Crippen LogP contribution < -0.4 is 14.7 Å². The third-order valence-corrected chi connectivity index (χ3v) is 18.0. The lowest BCUT2D eigenvalue weighted by atomic mass is 9.70. The molecule has 3 heteroatoms. The molecular weight excluding hydrogens is 1070 g/mol. The topological polar surface area (TPSA) is 9.72 Å². The van der Waals surface area contributed by atoms with Gasteiger partial charge < -0.3 is 14.7 Å². The van der Waals surface area contributed by atoms with Crippen LogP contribution in [0.1, 0.15) is 113 Å². The van der Waals surface area contributed by atoms with Gasteiger partial charge in [-0.1, -0.05) is 217 Å². The first-order valence-corrected chi connectivity index (χ1v) is 32.2. The molecule has 3 nitrogen and oxygen atoms in total. The normalized spacial score (nSPS) is 11.8. The summed E-state index contributed by atoms with van der Waals surface area (Å²) in [5.74, 6) is 12.0. The number of hydrogen-bond acceptors (Lipinski definition) is 3. The Morgan fingerprint density at radius 3 is 1.17 bits per heavy atom. The van der Waals surface area contributed by atoms with E-state index in [0.717, 1.165) is 73.3 Å². The maximum absolute atomic E-state index is 3.22. The molecule has 0 saturated heterocycles. The average Bonchev–Trinajstić information content (AvgIpc) is 1.61. The molecule has 0 bridgehead atoms. The van der Waals surface area contributed by atoms with E-state index in [-0.39, 0.29) is 5.41 Å². The molecule has 0 heterocycles. The summed E-state index contributed by atoms with van der Waals surface area (Å²) >= 11 is 0. The average molecular weight is 1150 g/mol. The monoisotopic (exact) mass is 1150 g/mol. The summed E-state index contributed by atoms with van der Waals surface area (Å²) < 4.78 is 0. The molecule has 12 rings (SSSR count). The standard InChI is InChI=1S/C86H79N3/c1-6-9-12-26-56-86(57-27-13-10-7-2)84-45-25-24-44-82(84)83-55-52-79(63-85(83)86)88(73-40-22-16-23-41-73)77-50-53-80(64(4)58-77)81-54-51-78(59-65(81)5)89(74-48-46-66(47-49-74)31-17-11-8-3)76-43-30-35-70(62-76)68-33-28-32-67(60-68)69-34-29-42-75(61-69)87(71-36-18-14-19-37-71)72-38-20-15-21-39-72/h14-16,18-25,28-30,32-55,58-63H,6-7,9-10,12-13,26-27,56-57H2,1-5H3. The number of aryl methyl sites for hydroxylation is 2. The summed E-state index contributed by atoms with van der Waals surface area (Å²) in [4.78, 5) is 7.17. The maximum atomic E-state index is 3.22. The van der Waals surface area contributed by atoms with Crippen molar-refractivity contribution in [1.29, 1.82) is 0 Å². The zero-order valence-corrected chi connectivity index (χ0v) is 52.3. The number of fused-ring (bicyclic) bond motifs is 3. The minimum Gasteiger partial charge on any atom is -0.310 e. The molecule has 1 aliphatic carbocycles. The van der Waals surface area contributed by atoms with Crippen LogP contribution in [-0.2, 0) is 5.41 Å². The third-order valence-electron chi connectivity index (χ3n) is 18.0. The van der Waals surface area contributed by atoms with Crippen molar-refractivity contribution in [2.45, 2.75) is 104 Å². The van der Waals surface area contributed by atoms with Gasteiger partial charge in [-0.3, -0.25) is 0 Å². The summed E-state index contributed by atoms with van der Waals surface area (Å²) in [7, 11) is 0. The predicted molar refractivity (Wildman–Crippen MR) is 380 cm³/mol. The fourth-order valence-electron chi connectivity index (χ4n) is 13.6. The second-order valence-corrected chi connectivity index (χ2v) is 23.8. The van der Waals surface area contributed by atoms with Crippen LogP contribution in [-0.4, -0.2) is 0 Å². The van der Waals surface area contributed by atoms with Crippen LogP contribution in [0.15, 0.2) is 267 Å². The molecule has 11 aromatic rings. The van der Waals surface area contributed by atoms with Gasteiger partial charge in [-0.15, -0.1) is 0 Å². The summed E-state index contributed by atoms with van der Waals surface area (Å²) in [5, 5.41) is 0. The molecule has 0 atom stereocenters. The number of unbranched alkanes of at least 4 members (excludes halogenated alkanes) is 6. The Kier molecular flexibility index (Phi) is 18.5. The largest absolute Gasteiger partial charge is 0.310 e. The van der Waals surface area contributed by atoms with Crippen molar-refractivity contribution < 1.29 is 0 Å². The highest BCUT2D eigenvalue weighted by Gasteiger charge is 2.42. The maximum Gasteiger partial charge on any atom is 0.0467 e. The van der Waals surface area contributed by atoms with Gasteiger partial charge in [0.25, 0.3) is 0 Å². The number of benzene rings is 11. The van der Waals surface area contributed by atoms with Gasteiger partial charge in [-0.25, -0.2) is 0 Å². The van der Waals surface area contributed by atoms with Crippen molar-refractivity contribution in [3.05, 3.63) is 295 Å². The smallest absolute Gasteiger partial charge is 0.0467 e. The van der Waals surface area contributed by atoms with E-state index < -0.39 is 0 Å². The Morgan fingerprint density at radius 2 is 0.685 bits per heavy atom. The molecule has 1 aliphatic rings. The van der Waals surface area contributed by atoms with Crippen LogP contribution in [0.4, 0.5) is 51.2 Å². The van der Waals surface area contributed by atoms with E-state index in [1.165, 1.54) is 114 Å². The van der Waals surface area contributed by atoms with Crippen molar-refractivity contribution in [2.75, 3.05) is 14.7 Å². The Labute approximate surface area is 530 Å². The molecule has 0 spiro atoms. The molecule has 11 aromatic carbocycles. The van der Waals surface area contributed by atoms with Crippen LogP contribution in [0.25, 0.3) is 44.5 Å². The van der Waals surface area contributed by atoms with E-state index in [4.69, 9.17) is 0 Å². The van der Waals surface area contributed by atoms with E-state index >= 15 is 0 Å². The van der Waals surface area contributed by atoms with Crippen molar-refractivity contribution >= 4 is 51.2 Å². The summed E-state index contributed by atoms with van der Waals surface area (Å²) in [6, 6.07) is 98.1. The van der Waals surface area contributed by atoms with Gasteiger partial charge in [0.1, 0.15) is 0 Å². The minimum absolute atomic E-state index is 0.00838. The molecule has 0 aliphatic heterocycles. The van der Waals surface area contributed by atoms with Crippen molar-refractivity contribution in [3.63, 3.8) is 0 Å². The van der Waals surface area contributed by atoms with E-state index in [0.29, 0.717) is 0 Å². The van der Waals surface area contributed by atoms with Crippen LogP contribution in [0.5, 0.6) is 0 Å². The molecule has 89 heavy (non-hydrogen) atoms. The quantitative estimate of drug-likeness (QED) is 0.0495. The summed E-state index contributed by atoms with van der Waals surface area (Å²) in [6.45, 7) is 11.0. The Hall–Kier alpha value is -10.1. The van der Waals surface area contributed by atoms with Crippen molar-refractivity contribution in [2.24, 2.45) is 0 Å². The summed E-state index contributed by atoms with van der Waals surface area (Å²) in [6.07, 6.45) is 12.5. The van der Waals surface area contributed by atoms with Gasteiger partial charge in [0.2, 0.25) is 0 Å². The van der Waals surface area contributed by atoms with E-state index in [2.05, 4.69) is 333 Å². The number of para-hydroxylation sites is 3.